The summed E-state index contributed by atoms with van der Waals surface area (Å²) >= 11 is 0. The summed E-state index contributed by atoms with van der Waals surface area (Å²) in [5.41, 5.74) is 0.901. The second-order valence-corrected chi connectivity index (χ2v) is 5.04. The zero-order valence-electron chi connectivity index (χ0n) is 10.5. The summed E-state index contributed by atoms with van der Waals surface area (Å²) in [6.45, 7) is 0. The molecule has 0 bridgehead atoms. The van der Waals surface area contributed by atoms with Gasteiger partial charge in [-0.2, -0.15) is 18.3 Å². The normalized spacial score (nSPS) is 31.1. The Morgan fingerprint density at radius 2 is 2.00 bits per heavy atom. The quantitative estimate of drug-likeness (QED) is 0.831. The number of benzene rings is 1. The lowest BCUT2D eigenvalue weighted by Gasteiger charge is -2.29. The highest BCUT2D eigenvalue weighted by Crippen LogP contribution is 2.45. The van der Waals surface area contributed by atoms with Gasteiger partial charge in [-0.05, 0) is 30.1 Å². The van der Waals surface area contributed by atoms with Crippen molar-refractivity contribution in [3.63, 3.8) is 0 Å². The first kappa shape index (κ1) is 13.2. The van der Waals surface area contributed by atoms with Crippen LogP contribution in [-0.2, 0) is 0 Å². The molecule has 1 aromatic rings. The fourth-order valence-electron chi connectivity index (χ4n) is 2.73. The molecule has 2 atom stereocenters. The minimum absolute atomic E-state index is 0.237. The largest absolute Gasteiger partial charge is 0.438 e. The predicted octanol–water partition coefficient (Wildman–Crippen LogP) is 2.69. The van der Waals surface area contributed by atoms with E-state index in [0.717, 1.165) is 11.1 Å². The summed E-state index contributed by atoms with van der Waals surface area (Å²) in [6, 6.07) is 9.34. The molecule has 1 fully saturated rings. The van der Waals surface area contributed by atoms with Gasteiger partial charge in [0.15, 0.2) is 0 Å². The summed E-state index contributed by atoms with van der Waals surface area (Å²) in [4.78, 5) is 0. The molecule has 106 valence electrons. The molecule has 0 amide bonds. The first-order valence-corrected chi connectivity index (χ1v) is 6.31. The Morgan fingerprint density at radius 1 is 1.30 bits per heavy atom. The van der Waals surface area contributed by atoms with E-state index in [4.69, 9.17) is 0 Å². The van der Waals surface area contributed by atoms with E-state index in [-0.39, 0.29) is 6.42 Å². The highest BCUT2D eigenvalue weighted by Gasteiger charge is 2.64. The van der Waals surface area contributed by atoms with Gasteiger partial charge in [0, 0.05) is 0 Å². The van der Waals surface area contributed by atoms with Gasteiger partial charge in [0.05, 0.1) is 11.6 Å². The SMILES string of the molecule is O[C@]1(C(F)(F)F)NN=C2/C(=C/c3ccccc3)CC[C@H]21. The topological polar surface area (TPSA) is 44.6 Å². The fourth-order valence-corrected chi connectivity index (χ4v) is 2.73. The summed E-state index contributed by atoms with van der Waals surface area (Å²) in [6.07, 6.45) is -2.20. The number of nitrogens with one attached hydrogen (secondary N) is 1. The first-order valence-electron chi connectivity index (χ1n) is 6.31. The Kier molecular flexibility index (Phi) is 2.86. The molecule has 3 rings (SSSR count). The number of hydrogen-bond acceptors (Lipinski definition) is 3. The molecule has 2 N–H and O–H groups in total. The Balaban J connectivity index is 1.90. The van der Waals surface area contributed by atoms with Crippen molar-refractivity contribution in [1.29, 1.82) is 0 Å². The van der Waals surface area contributed by atoms with Crippen molar-refractivity contribution >= 4 is 11.8 Å². The molecule has 0 radical (unpaired) electrons. The molecular formula is C14H13F3N2O. The maximum absolute atomic E-state index is 12.9. The molecule has 1 heterocycles. The van der Waals surface area contributed by atoms with Crippen molar-refractivity contribution < 1.29 is 18.3 Å². The van der Waals surface area contributed by atoms with Gasteiger partial charge in [-0.3, -0.25) is 5.43 Å². The van der Waals surface area contributed by atoms with Gasteiger partial charge >= 0.3 is 6.18 Å². The highest BCUT2D eigenvalue weighted by molar-refractivity contribution is 6.08. The molecule has 3 nitrogen and oxygen atoms in total. The molecule has 1 saturated carbocycles. The predicted molar refractivity (Wildman–Crippen MR) is 68.7 cm³/mol. The van der Waals surface area contributed by atoms with E-state index in [1.54, 1.807) is 0 Å². The number of rotatable bonds is 1. The summed E-state index contributed by atoms with van der Waals surface area (Å²) < 4.78 is 38.8. The van der Waals surface area contributed by atoms with Gasteiger partial charge in [0.2, 0.25) is 0 Å². The van der Waals surface area contributed by atoms with Crippen LogP contribution in [0.15, 0.2) is 41.0 Å². The van der Waals surface area contributed by atoms with Crippen LogP contribution in [0.4, 0.5) is 13.2 Å². The number of alkyl halides is 3. The minimum Gasteiger partial charge on any atom is -0.362 e. The van der Waals surface area contributed by atoms with Crippen molar-refractivity contribution in [2.45, 2.75) is 24.7 Å². The van der Waals surface area contributed by atoms with Crippen LogP contribution in [0.3, 0.4) is 0 Å². The van der Waals surface area contributed by atoms with Crippen LogP contribution in [0.1, 0.15) is 18.4 Å². The highest BCUT2D eigenvalue weighted by atomic mass is 19.4. The van der Waals surface area contributed by atoms with Crippen molar-refractivity contribution in [2.75, 3.05) is 0 Å². The van der Waals surface area contributed by atoms with Crippen LogP contribution in [0.2, 0.25) is 0 Å². The molecule has 6 heteroatoms. The maximum atomic E-state index is 12.9. The van der Waals surface area contributed by atoms with E-state index >= 15 is 0 Å². The van der Waals surface area contributed by atoms with E-state index in [1.165, 1.54) is 0 Å². The van der Waals surface area contributed by atoms with Gasteiger partial charge in [0.25, 0.3) is 5.72 Å². The molecule has 0 saturated heterocycles. The van der Waals surface area contributed by atoms with Crippen molar-refractivity contribution in [1.82, 2.24) is 5.43 Å². The van der Waals surface area contributed by atoms with Gasteiger partial charge in [-0.1, -0.05) is 30.3 Å². The van der Waals surface area contributed by atoms with Crippen molar-refractivity contribution in [3.05, 3.63) is 41.5 Å². The molecular weight excluding hydrogens is 269 g/mol. The van der Waals surface area contributed by atoms with Crippen LogP contribution in [-0.4, -0.2) is 22.7 Å². The van der Waals surface area contributed by atoms with Gasteiger partial charge < -0.3 is 5.11 Å². The molecule has 1 aliphatic carbocycles. The molecule has 0 aromatic heterocycles. The molecule has 1 aromatic carbocycles. The second-order valence-electron chi connectivity index (χ2n) is 5.04. The van der Waals surface area contributed by atoms with Crippen molar-refractivity contribution in [3.8, 4) is 0 Å². The van der Waals surface area contributed by atoms with Crippen LogP contribution < -0.4 is 5.43 Å². The van der Waals surface area contributed by atoms with E-state index < -0.39 is 17.8 Å². The van der Waals surface area contributed by atoms with Crippen LogP contribution in [0.5, 0.6) is 0 Å². The Hall–Kier alpha value is -1.82. The number of fused-ring (bicyclic) bond motifs is 1. The van der Waals surface area contributed by atoms with E-state index in [1.807, 2.05) is 41.8 Å². The molecule has 1 aliphatic heterocycles. The number of halogens is 3. The third-order valence-corrected chi connectivity index (χ3v) is 3.79. The fraction of sp³-hybridized carbons (Fsp3) is 0.357. The second kappa shape index (κ2) is 4.34. The smallest absolute Gasteiger partial charge is 0.362 e. The lowest BCUT2D eigenvalue weighted by molar-refractivity contribution is -0.280. The average molecular weight is 282 g/mol. The number of hydrazone groups is 1. The third-order valence-electron chi connectivity index (χ3n) is 3.79. The third kappa shape index (κ3) is 1.91. The Bertz CT molecular complexity index is 580. The molecule has 0 spiro atoms. The Morgan fingerprint density at radius 3 is 2.65 bits per heavy atom. The number of hydrogen-bond donors (Lipinski definition) is 2. The van der Waals surface area contributed by atoms with Gasteiger partial charge in [-0.15, -0.1) is 0 Å². The molecule has 20 heavy (non-hydrogen) atoms. The lowest BCUT2D eigenvalue weighted by Crippen LogP contribution is -2.57. The average Bonchev–Trinajstić information content (AvgIpc) is 2.94. The summed E-state index contributed by atoms with van der Waals surface area (Å²) in [7, 11) is 0. The zero-order valence-corrected chi connectivity index (χ0v) is 10.5. The molecule has 0 unspecified atom stereocenters. The van der Waals surface area contributed by atoms with E-state index in [9.17, 15) is 18.3 Å². The van der Waals surface area contributed by atoms with E-state index in [2.05, 4.69) is 5.10 Å². The number of nitrogens with zero attached hydrogens (tertiary/aromatic N) is 1. The lowest BCUT2D eigenvalue weighted by atomic mass is 9.93. The Labute approximate surface area is 113 Å². The van der Waals surface area contributed by atoms with Crippen LogP contribution in [0, 0.1) is 5.92 Å². The van der Waals surface area contributed by atoms with E-state index in [0.29, 0.717) is 12.1 Å². The van der Waals surface area contributed by atoms with Gasteiger partial charge in [0.1, 0.15) is 0 Å². The summed E-state index contributed by atoms with van der Waals surface area (Å²) in [5.74, 6) is -1.03. The van der Waals surface area contributed by atoms with Crippen LogP contribution >= 0.6 is 0 Å². The van der Waals surface area contributed by atoms with Crippen molar-refractivity contribution in [2.24, 2.45) is 11.0 Å². The molecule has 2 aliphatic rings. The summed E-state index contributed by atoms with van der Waals surface area (Å²) in [5, 5.41) is 13.5. The maximum Gasteiger partial charge on any atom is 0.438 e. The minimum atomic E-state index is -4.74. The van der Waals surface area contributed by atoms with Gasteiger partial charge in [-0.25, -0.2) is 0 Å². The number of allylic oxidation sites excluding steroid dienone is 1. The number of aliphatic hydroxyl groups is 1. The van der Waals surface area contributed by atoms with Crippen LogP contribution in [0.25, 0.3) is 6.08 Å². The standard InChI is InChI=1S/C14H13F3N2O/c15-14(16,17)13(20)11-7-6-10(12(11)18-19-13)8-9-4-2-1-3-5-9/h1-5,8,11,19-20H,6-7H2/b10-8+/t11-,13-/m1/s1. The first-order chi connectivity index (χ1) is 9.42. The zero-order chi connectivity index (χ0) is 14.4. The monoisotopic (exact) mass is 282 g/mol.